The molecule has 3 heteroatoms. The van der Waals surface area contributed by atoms with Crippen LogP contribution in [0.4, 0.5) is 0 Å². The van der Waals surface area contributed by atoms with Crippen LogP contribution in [0.1, 0.15) is 11.1 Å². The topological polar surface area (TPSA) is 16.4 Å². The van der Waals surface area contributed by atoms with Gasteiger partial charge in [0.05, 0.1) is 0 Å². The minimum absolute atomic E-state index is 0.457. The van der Waals surface area contributed by atoms with Crippen LogP contribution in [0.2, 0.25) is 0 Å². The highest BCUT2D eigenvalue weighted by molar-refractivity contribution is 9.10. The van der Waals surface area contributed by atoms with Gasteiger partial charge in [-0.3, -0.25) is 0 Å². The first-order valence-corrected chi connectivity index (χ1v) is 4.82. The highest BCUT2D eigenvalue weighted by Gasteiger charge is 2.01. The summed E-state index contributed by atoms with van der Waals surface area (Å²) in [6.07, 6.45) is 0. The van der Waals surface area contributed by atoms with Gasteiger partial charge < -0.3 is 10.2 Å². The van der Waals surface area contributed by atoms with E-state index in [1.54, 1.807) is 0 Å². The smallest absolute Gasteiger partial charge is 0.239 e. The number of benzene rings is 1. The fourth-order valence-corrected chi connectivity index (χ4v) is 1.68. The Kier molecular flexibility index (Phi) is 3.94. The predicted octanol–water partition coefficient (Wildman–Crippen LogP) is 2.59. The maximum absolute atomic E-state index is 6.74. The van der Waals surface area contributed by atoms with Crippen LogP contribution in [-0.2, 0) is 13.1 Å². The first kappa shape index (κ1) is 10.2. The van der Waals surface area contributed by atoms with Crippen molar-refractivity contribution < 1.29 is 0 Å². The maximum Gasteiger partial charge on any atom is 0.239 e. The molecule has 68 valence electrons. The van der Waals surface area contributed by atoms with Gasteiger partial charge in [-0.2, -0.15) is 0 Å². The highest BCUT2D eigenvalue weighted by Crippen LogP contribution is 2.18. The average molecular weight is 239 g/mol. The summed E-state index contributed by atoms with van der Waals surface area (Å²) in [6.45, 7) is 8.05. The zero-order chi connectivity index (χ0) is 9.68. The molecule has 0 unspecified atom stereocenters. The third-order valence-corrected chi connectivity index (χ3v) is 2.48. The molecule has 13 heavy (non-hydrogen) atoms. The van der Waals surface area contributed by atoms with Crippen LogP contribution < -0.4 is 5.32 Å². The third-order valence-electron chi connectivity index (χ3n) is 1.75. The Balaban J connectivity index is 2.86. The lowest BCUT2D eigenvalue weighted by atomic mass is 10.1. The summed E-state index contributed by atoms with van der Waals surface area (Å²) in [5, 5.41) is 3.09. The fraction of sp³-hybridized carbons (Fsp3) is 0.300. The Morgan fingerprint density at radius 1 is 1.54 bits per heavy atom. The number of halogens is 1. The number of hydrogen-bond donors (Lipinski definition) is 1. The van der Waals surface area contributed by atoms with Gasteiger partial charge in [-0.25, -0.2) is 6.57 Å². The van der Waals surface area contributed by atoms with E-state index in [2.05, 4.69) is 26.1 Å². The standard InChI is InChI=1S/C10H11BrN2/c1-12-6-8-3-4-9(7-13-2)10(11)5-8/h3-5,13H,6-7H2,2H3. The van der Waals surface area contributed by atoms with Crippen LogP contribution in [0.25, 0.3) is 4.85 Å². The minimum atomic E-state index is 0.457. The quantitative estimate of drug-likeness (QED) is 0.802. The molecule has 0 aliphatic rings. The molecule has 0 bridgehead atoms. The van der Waals surface area contributed by atoms with Crippen LogP contribution in [0.3, 0.4) is 0 Å². The molecule has 0 saturated heterocycles. The Morgan fingerprint density at radius 3 is 2.85 bits per heavy atom. The van der Waals surface area contributed by atoms with Crippen molar-refractivity contribution >= 4 is 15.9 Å². The van der Waals surface area contributed by atoms with Crippen LogP contribution in [0.15, 0.2) is 22.7 Å². The first-order chi connectivity index (χ1) is 6.27. The highest BCUT2D eigenvalue weighted by atomic mass is 79.9. The molecular formula is C10H11BrN2. The van der Waals surface area contributed by atoms with Crippen molar-refractivity contribution in [2.75, 3.05) is 7.05 Å². The molecule has 0 amide bonds. The van der Waals surface area contributed by atoms with Crippen LogP contribution in [0.5, 0.6) is 0 Å². The Labute approximate surface area is 86.9 Å². The fourth-order valence-electron chi connectivity index (χ4n) is 1.11. The SMILES string of the molecule is [C-]#[N+]Cc1ccc(CNC)c(Br)c1. The largest absolute Gasteiger partial charge is 0.316 e. The van der Waals surface area contributed by atoms with Crippen LogP contribution in [0, 0.1) is 6.57 Å². The normalized spacial score (nSPS) is 9.62. The molecule has 1 aromatic rings. The summed E-state index contributed by atoms with van der Waals surface area (Å²) in [5.74, 6) is 0. The summed E-state index contributed by atoms with van der Waals surface area (Å²) in [6, 6.07) is 6.04. The number of nitrogens with one attached hydrogen (secondary N) is 1. The van der Waals surface area contributed by atoms with Crippen molar-refractivity contribution in [3.63, 3.8) is 0 Å². The van der Waals surface area contributed by atoms with E-state index < -0.39 is 0 Å². The molecule has 0 atom stereocenters. The molecule has 0 aromatic heterocycles. The molecule has 2 nitrogen and oxygen atoms in total. The lowest BCUT2D eigenvalue weighted by Gasteiger charge is -2.03. The van der Waals surface area contributed by atoms with Gasteiger partial charge in [0.1, 0.15) is 0 Å². The van der Waals surface area contributed by atoms with Gasteiger partial charge in [0.2, 0.25) is 6.54 Å². The number of rotatable bonds is 3. The summed E-state index contributed by atoms with van der Waals surface area (Å²) >= 11 is 3.48. The number of nitrogens with zero attached hydrogens (tertiary/aromatic N) is 1. The summed E-state index contributed by atoms with van der Waals surface area (Å²) in [5.41, 5.74) is 2.28. The van der Waals surface area contributed by atoms with Crippen LogP contribution in [-0.4, -0.2) is 7.05 Å². The first-order valence-electron chi connectivity index (χ1n) is 4.03. The second-order valence-electron chi connectivity index (χ2n) is 2.77. The lowest BCUT2D eigenvalue weighted by Crippen LogP contribution is -2.05. The monoisotopic (exact) mass is 238 g/mol. The van der Waals surface area contributed by atoms with Crippen molar-refractivity contribution in [1.29, 1.82) is 0 Å². The molecule has 0 radical (unpaired) electrons. The van der Waals surface area contributed by atoms with E-state index in [4.69, 9.17) is 6.57 Å². The van der Waals surface area contributed by atoms with Crippen molar-refractivity contribution in [2.45, 2.75) is 13.1 Å². The van der Waals surface area contributed by atoms with E-state index in [9.17, 15) is 0 Å². The summed E-state index contributed by atoms with van der Waals surface area (Å²) in [7, 11) is 1.92. The van der Waals surface area contributed by atoms with E-state index in [1.807, 2.05) is 25.2 Å². The van der Waals surface area contributed by atoms with Crippen molar-refractivity contribution in [3.8, 4) is 0 Å². The van der Waals surface area contributed by atoms with E-state index in [0.29, 0.717) is 6.54 Å². The van der Waals surface area contributed by atoms with Gasteiger partial charge in [0.25, 0.3) is 0 Å². The maximum atomic E-state index is 6.74. The predicted molar refractivity (Wildman–Crippen MR) is 57.2 cm³/mol. The van der Waals surface area contributed by atoms with E-state index >= 15 is 0 Å². The molecular weight excluding hydrogens is 228 g/mol. The van der Waals surface area contributed by atoms with Gasteiger partial charge >= 0.3 is 0 Å². The molecule has 1 N–H and O–H groups in total. The molecule has 0 fully saturated rings. The van der Waals surface area contributed by atoms with Gasteiger partial charge in [-0.05, 0) is 18.7 Å². The Bertz CT molecular complexity index is 328. The van der Waals surface area contributed by atoms with E-state index in [-0.39, 0.29) is 0 Å². The van der Waals surface area contributed by atoms with Crippen LogP contribution >= 0.6 is 15.9 Å². The van der Waals surface area contributed by atoms with Crippen molar-refractivity contribution in [3.05, 3.63) is 45.2 Å². The molecule has 0 aliphatic heterocycles. The molecule has 0 heterocycles. The van der Waals surface area contributed by atoms with Gasteiger partial charge in [0, 0.05) is 16.6 Å². The Morgan fingerprint density at radius 2 is 2.31 bits per heavy atom. The second kappa shape index (κ2) is 5.00. The zero-order valence-electron chi connectivity index (χ0n) is 7.47. The number of hydrogen-bond acceptors (Lipinski definition) is 1. The molecule has 1 aromatic carbocycles. The minimum Gasteiger partial charge on any atom is -0.316 e. The van der Waals surface area contributed by atoms with Gasteiger partial charge in [-0.1, -0.05) is 28.1 Å². The second-order valence-corrected chi connectivity index (χ2v) is 3.63. The zero-order valence-corrected chi connectivity index (χ0v) is 9.06. The summed E-state index contributed by atoms with van der Waals surface area (Å²) in [4.78, 5) is 3.34. The molecule has 0 spiro atoms. The Hall–Kier alpha value is -0.850. The van der Waals surface area contributed by atoms with Gasteiger partial charge in [0.15, 0.2) is 0 Å². The molecule has 0 saturated carbocycles. The van der Waals surface area contributed by atoms with E-state index in [0.717, 1.165) is 16.6 Å². The van der Waals surface area contributed by atoms with Crippen molar-refractivity contribution in [2.24, 2.45) is 0 Å². The molecule has 0 aliphatic carbocycles. The van der Waals surface area contributed by atoms with Gasteiger partial charge in [-0.15, -0.1) is 0 Å². The lowest BCUT2D eigenvalue weighted by molar-refractivity contribution is 0.814. The molecule has 1 rings (SSSR count). The third kappa shape index (κ3) is 2.83. The van der Waals surface area contributed by atoms with Crippen molar-refractivity contribution in [1.82, 2.24) is 5.32 Å². The summed E-state index contributed by atoms with van der Waals surface area (Å²) < 4.78 is 1.07. The van der Waals surface area contributed by atoms with E-state index in [1.165, 1.54) is 5.56 Å². The average Bonchev–Trinajstić information content (AvgIpc) is 2.10.